The second-order valence-corrected chi connectivity index (χ2v) is 3.94. The number of hydrogen-bond acceptors (Lipinski definition) is 3. The number of rotatable bonds is 6. The molecule has 1 rings (SSSR count). The van der Waals surface area contributed by atoms with Gasteiger partial charge in [0.05, 0.1) is 6.61 Å². The molecule has 0 aliphatic heterocycles. The third-order valence-corrected chi connectivity index (χ3v) is 2.34. The summed E-state index contributed by atoms with van der Waals surface area (Å²) >= 11 is 0. The Bertz CT molecular complexity index is 264. The van der Waals surface area contributed by atoms with Gasteiger partial charge < -0.3 is 16.2 Å². The molecular weight excluding hydrogens is 188 g/mol. The first-order valence-electron chi connectivity index (χ1n) is 5.36. The molecule has 0 unspecified atom stereocenters. The summed E-state index contributed by atoms with van der Waals surface area (Å²) in [6, 6.07) is 10.4. The molecule has 0 aliphatic rings. The molecule has 1 aromatic rings. The summed E-state index contributed by atoms with van der Waals surface area (Å²) in [7, 11) is 0. The maximum absolute atomic E-state index is 8.83. The van der Waals surface area contributed by atoms with E-state index < -0.39 is 0 Å². The van der Waals surface area contributed by atoms with Crippen molar-refractivity contribution >= 4 is 0 Å². The molecule has 3 heteroatoms. The van der Waals surface area contributed by atoms with Crippen LogP contribution in [0.4, 0.5) is 0 Å². The highest BCUT2D eigenvalue weighted by atomic mass is 16.3. The number of nitrogens with two attached hydrogens (primary N) is 1. The average Bonchev–Trinajstić information content (AvgIpc) is 2.27. The first kappa shape index (κ1) is 12.2. The zero-order chi connectivity index (χ0) is 11.1. The zero-order valence-electron chi connectivity index (χ0n) is 9.19. The summed E-state index contributed by atoms with van der Waals surface area (Å²) in [6.45, 7) is 2.82. The van der Waals surface area contributed by atoms with Crippen LogP contribution in [0, 0.1) is 0 Å². The van der Waals surface area contributed by atoms with Crippen molar-refractivity contribution in [2.75, 3.05) is 13.2 Å². The zero-order valence-corrected chi connectivity index (χ0v) is 9.19. The Morgan fingerprint density at radius 1 is 1.33 bits per heavy atom. The van der Waals surface area contributed by atoms with Crippen molar-refractivity contribution in [1.82, 2.24) is 5.32 Å². The second kappa shape index (κ2) is 6.56. The monoisotopic (exact) mass is 208 g/mol. The van der Waals surface area contributed by atoms with E-state index in [9.17, 15) is 0 Å². The lowest BCUT2D eigenvalue weighted by Crippen LogP contribution is -2.40. The molecule has 0 fully saturated rings. The number of hydrogen-bond donors (Lipinski definition) is 3. The van der Waals surface area contributed by atoms with E-state index in [1.165, 1.54) is 5.56 Å². The van der Waals surface area contributed by atoms with Gasteiger partial charge in [0.15, 0.2) is 0 Å². The maximum Gasteiger partial charge on any atom is 0.0581 e. The Morgan fingerprint density at radius 3 is 2.60 bits per heavy atom. The predicted molar refractivity (Wildman–Crippen MR) is 62.7 cm³/mol. The molecule has 2 atom stereocenters. The van der Waals surface area contributed by atoms with E-state index in [0.29, 0.717) is 0 Å². The normalized spacial score (nSPS) is 14.9. The largest absolute Gasteiger partial charge is 0.395 e. The van der Waals surface area contributed by atoms with Crippen molar-refractivity contribution in [3.63, 3.8) is 0 Å². The van der Waals surface area contributed by atoms with Crippen LogP contribution in [0.15, 0.2) is 30.3 Å². The minimum Gasteiger partial charge on any atom is -0.395 e. The van der Waals surface area contributed by atoms with E-state index in [4.69, 9.17) is 10.8 Å². The molecule has 0 saturated carbocycles. The molecule has 0 amide bonds. The molecular formula is C12H20N2O. The van der Waals surface area contributed by atoms with Gasteiger partial charge in [0.25, 0.3) is 0 Å². The Balaban J connectivity index is 2.27. The van der Waals surface area contributed by atoms with E-state index >= 15 is 0 Å². The smallest absolute Gasteiger partial charge is 0.0581 e. The average molecular weight is 208 g/mol. The highest BCUT2D eigenvalue weighted by Crippen LogP contribution is 2.01. The van der Waals surface area contributed by atoms with Crippen LogP contribution in [0.1, 0.15) is 12.5 Å². The van der Waals surface area contributed by atoms with Crippen molar-refractivity contribution < 1.29 is 5.11 Å². The molecule has 84 valence electrons. The first-order valence-corrected chi connectivity index (χ1v) is 5.36. The molecule has 0 aliphatic carbocycles. The van der Waals surface area contributed by atoms with Gasteiger partial charge in [0, 0.05) is 18.6 Å². The standard InChI is InChI=1S/C12H20N2O/c1-10(9-15)14-8-12(13)7-11-5-3-2-4-6-11/h2-6,10,12,14-15H,7-9,13H2,1H3/t10-,12+/m0/s1. The van der Waals surface area contributed by atoms with Gasteiger partial charge >= 0.3 is 0 Å². The molecule has 0 radical (unpaired) electrons. The molecule has 0 aromatic heterocycles. The van der Waals surface area contributed by atoms with E-state index in [0.717, 1.165) is 13.0 Å². The van der Waals surface area contributed by atoms with Gasteiger partial charge in [0.2, 0.25) is 0 Å². The number of aliphatic hydroxyl groups is 1. The predicted octanol–water partition coefficient (Wildman–Crippen LogP) is 0.527. The fourth-order valence-corrected chi connectivity index (χ4v) is 1.41. The van der Waals surface area contributed by atoms with Crippen molar-refractivity contribution in [2.45, 2.75) is 25.4 Å². The van der Waals surface area contributed by atoms with Gasteiger partial charge in [-0.3, -0.25) is 0 Å². The lowest BCUT2D eigenvalue weighted by molar-refractivity contribution is 0.250. The van der Waals surface area contributed by atoms with Crippen LogP contribution in [-0.2, 0) is 6.42 Å². The van der Waals surface area contributed by atoms with Crippen LogP contribution >= 0.6 is 0 Å². The minimum atomic E-state index is 0.0985. The summed E-state index contributed by atoms with van der Waals surface area (Å²) in [5.74, 6) is 0. The lowest BCUT2D eigenvalue weighted by atomic mass is 10.1. The molecule has 3 nitrogen and oxygen atoms in total. The van der Waals surface area contributed by atoms with Crippen LogP contribution in [0.2, 0.25) is 0 Å². The van der Waals surface area contributed by atoms with E-state index in [1.54, 1.807) is 0 Å². The van der Waals surface area contributed by atoms with Crippen molar-refractivity contribution in [1.29, 1.82) is 0 Å². The molecule has 1 aromatic carbocycles. The first-order chi connectivity index (χ1) is 7.22. The van der Waals surface area contributed by atoms with Gasteiger partial charge in [-0.05, 0) is 18.9 Å². The Morgan fingerprint density at radius 2 is 2.00 bits per heavy atom. The van der Waals surface area contributed by atoms with Crippen LogP contribution in [-0.4, -0.2) is 30.3 Å². The van der Waals surface area contributed by atoms with Crippen molar-refractivity contribution in [3.8, 4) is 0 Å². The Labute approximate surface area is 91.3 Å². The van der Waals surface area contributed by atoms with Gasteiger partial charge in [-0.2, -0.15) is 0 Å². The van der Waals surface area contributed by atoms with Gasteiger partial charge in [0.1, 0.15) is 0 Å². The molecule has 0 bridgehead atoms. The summed E-state index contributed by atoms with van der Waals surface area (Å²) in [4.78, 5) is 0. The molecule has 0 saturated heterocycles. The SMILES string of the molecule is C[C@@H](CO)NC[C@H](N)Cc1ccccc1. The second-order valence-electron chi connectivity index (χ2n) is 3.94. The van der Waals surface area contributed by atoms with Gasteiger partial charge in [-0.15, -0.1) is 0 Å². The number of aliphatic hydroxyl groups excluding tert-OH is 1. The summed E-state index contributed by atoms with van der Waals surface area (Å²) in [6.07, 6.45) is 0.867. The topological polar surface area (TPSA) is 58.3 Å². The molecule has 0 spiro atoms. The molecule has 4 N–H and O–H groups in total. The van der Waals surface area contributed by atoms with E-state index in [1.807, 2.05) is 25.1 Å². The molecule has 15 heavy (non-hydrogen) atoms. The third-order valence-electron chi connectivity index (χ3n) is 2.34. The van der Waals surface area contributed by atoms with Crippen molar-refractivity contribution in [2.24, 2.45) is 5.73 Å². The van der Waals surface area contributed by atoms with Crippen LogP contribution < -0.4 is 11.1 Å². The van der Waals surface area contributed by atoms with Crippen LogP contribution in [0.5, 0.6) is 0 Å². The molecule has 0 heterocycles. The third kappa shape index (κ3) is 4.93. The summed E-state index contributed by atoms with van der Waals surface area (Å²) < 4.78 is 0. The van der Waals surface area contributed by atoms with E-state index in [2.05, 4.69) is 17.4 Å². The summed E-state index contributed by atoms with van der Waals surface area (Å²) in [5, 5.41) is 12.0. The van der Waals surface area contributed by atoms with Gasteiger partial charge in [-0.25, -0.2) is 0 Å². The van der Waals surface area contributed by atoms with Crippen LogP contribution in [0.3, 0.4) is 0 Å². The lowest BCUT2D eigenvalue weighted by Gasteiger charge is -2.16. The highest BCUT2D eigenvalue weighted by Gasteiger charge is 2.05. The fraction of sp³-hybridized carbons (Fsp3) is 0.500. The minimum absolute atomic E-state index is 0.0985. The van der Waals surface area contributed by atoms with Crippen molar-refractivity contribution in [3.05, 3.63) is 35.9 Å². The number of benzene rings is 1. The van der Waals surface area contributed by atoms with Crippen LogP contribution in [0.25, 0.3) is 0 Å². The maximum atomic E-state index is 8.83. The Hall–Kier alpha value is -0.900. The fourth-order valence-electron chi connectivity index (χ4n) is 1.41. The Kier molecular flexibility index (Phi) is 5.32. The summed E-state index contributed by atoms with van der Waals surface area (Å²) in [5.41, 5.74) is 7.22. The quantitative estimate of drug-likeness (QED) is 0.639. The highest BCUT2D eigenvalue weighted by molar-refractivity contribution is 5.15. The van der Waals surface area contributed by atoms with E-state index in [-0.39, 0.29) is 18.7 Å². The number of nitrogens with one attached hydrogen (secondary N) is 1. The van der Waals surface area contributed by atoms with Gasteiger partial charge in [-0.1, -0.05) is 30.3 Å².